The molecule has 1 unspecified atom stereocenters. The van der Waals surface area contributed by atoms with Gasteiger partial charge in [0.05, 0.1) is 17.0 Å². The lowest BCUT2D eigenvalue weighted by atomic mass is 10.2. The maximum atomic E-state index is 10.5. The fourth-order valence-electron chi connectivity index (χ4n) is 1.22. The van der Waals surface area contributed by atoms with Crippen LogP contribution >= 0.6 is 23.4 Å². The van der Waals surface area contributed by atoms with Crippen LogP contribution in [0, 0.1) is 11.3 Å². The predicted octanol–water partition coefficient (Wildman–Crippen LogP) is 3.17. The average molecular weight is 256 g/mol. The van der Waals surface area contributed by atoms with Crippen LogP contribution in [0.3, 0.4) is 0 Å². The number of aliphatic carboxylic acids is 1. The van der Waals surface area contributed by atoms with Crippen LogP contribution in [0.2, 0.25) is 5.02 Å². The van der Waals surface area contributed by atoms with Crippen molar-refractivity contribution in [3.05, 3.63) is 28.8 Å². The molecule has 0 amide bonds. The van der Waals surface area contributed by atoms with Gasteiger partial charge >= 0.3 is 5.97 Å². The van der Waals surface area contributed by atoms with Gasteiger partial charge in [-0.3, -0.25) is 4.79 Å². The molecule has 0 fully saturated rings. The molecule has 3 nitrogen and oxygen atoms in total. The minimum absolute atomic E-state index is 0.0576. The molecule has 0 spiro atoms. The molecule has 0 radical (unpaired) electrons. The Hall–Kier alpha value is -1.18. The maximum absolute atomic E-state index is 10.5. The smallest absolute Gasteiger partial charge is 0.304 e. The molecule has 1 aromatic carbocycles. The molecule has 0 aliphatic heterocycles. The van der Waals surface area contributed by atoms with Gasteiger partial charge < -0.3 is 5.11 Å². The van der Waals surface area contributed by atoms with Gasteiger partial charge in [0.2, 0.25) is 0 Å². The van der Waals surface area contributed by atoms with Crippen LogP contribution in [0.1, 0.15) is 18.9 Å². The number of carbonyl (C=O) groups is 1. The SMILES string of the molecule is CC(CC(=O)O)Sc1cccc(Cl)c1C#N. The largest absolute Gasteiger partial charge is 0.481 e. The van der Waals surface area contributed by atoms with Crippen molar-refractivity contribution in [1.29, 1.82) is 5.26 Å². The van der Waals surface area contributed by atoms with Crippen molar-refractivity contribution in [2.75, 3.05) is 0 Å². The molecule has 1 atom stereocenters. The lowest BCUT2D eigenvalue weighted by Crippen LogP contribution is -2.05. The van der Waals surface area contributed by atoms with Crippen LogP contribution in [-0.2, 0) is 4.79 Å². The summed E-state index contributed by atoms with van der Waals surface area (Å²) in [5.74, 6) is -0.847. The Balaban J connectivity index is 2.85. The number of hydrogen-bond donors (Lipinski definition) is 1. The Labute approximate surface area is 103 Å². The van der Waals surface area contributed by atoms with Crippen molar-refractivity contribution >= 4 is 29.3 Å². The summed E-state index contributed by atoms with van der Waals surface area (Å²) in [5.41, 5.74) is 0.409. The number of carboxylic acids is 1. The molecule has 0 aromatic heterocycles. The molecule has 1 rings (SSSR count). The number of nitriles is 1. The molecule has 16 heavy (non-hydrogen) atoms. The molecule has 0 aliphatic carbocycles. The highest BCUT2D eigenvalue weighted by Gasteiger charge is 2.13. The van der Waals surface area contributed by atoms with Gasteiger partial charge in [-0.1, -0.05) is 24.6 Å². The van der Waals surface area contributed by atoms with Crippen molar-refractivity contribution in [1.82, 2.24) is 0 Å². The van der Waals surface area contributed by atoms with Crippen molar-refractivity contribution < 1.29 is 9.90 Å². The molecule has 1 N–H and O–H groups in total. The fraction of sp³-hybridized carbons (Fsp3) is 0.273. The third-order valence-electron chi connectivity index (χ3n) is 1.88. The lowest BCUT2D eigenvalue weighted by molar-refractivity contribution is -0.136. The lowest BCUT2D eigenvalue weighted by Gasteiger charge is -2.10. The summed E-state index contributed by atoms with van der Waals surface area (Å²) >= 11 is 7.22. The van der Waals surface area contributed by atoms with E-state index in [4.69, 9.17) is 22.0 Å². The van der Waals surface area contributed by atoms with Crippen LogP contribution in [0.5, 0.6) is 0 Å². The van der Waals surface area contributed by atoms with E-state index in [1.165, 1.54) is 11.8 Å². The second-order valence-corrected chi connectivity index (χ2v) is 5.14. The zero-order valence-corrected chi connectivity index (χ0v) is 10.2. The van der Waals surface area contributed by atoms with Gasteiger partial charge in [0, 0.05) is 10.1 Å². The van der Waals surface area contributed by atoms with Crippen molar-refractivity contribution in [2.24, 2.45) is 0 Å². The highest BCUT2D eigenvalue weighted by atomic mass is 35.5. The van der Waals surface area contributed by atoms with E-state index in [1.54, 1.807) is 25.1 Å². The first-order valence-electron chi connectivity index (χ1n) is 4.61. The number of thioether (sulfide) groups is 1. The summed E-state index contributed by atoms with van der Waals surface area (Å²) in [6, 6.07) is 7.19. The van der Waals surface area contributed by atoms with Gasteiger partial charge in [-0.2, -0.15) is 5.26 Å². The Kier molecular flexibility index (Phi) is 4.66. The second kappa shape index (κ2) is 5.78. The standard InChI is InChI=1S/C11H10ClNO2S/c1-7(5-11(14)15)16-10-4-2-3-9(12)8(10)6-13/h2-4,7H,5H2,1H3,(H,14,15). The zero-order chi connectivity index (χ0) is 12.1. The number of hydrogen-bond acceptors (Lipinski definition) is 3. The quantitative estimate of drug-likeness (QED) is 0.840. The number of halogens is 1. The Morgan fingerprint density at radius 2 is 2.38 bits per heavy atom. The number of carboxylic acid groups (broad SMARTS) is 1. The molecule has 0 saturated heterocycles. The summed E-state index contributed by atoms with van der Waals surface area (Å²) in [6.45, 7) is 1.81. The second-order valence-electron chi connectivity index (χ2n) is 3.25. The van der Waals surface area contributed by atoms with E-state index in [2.05, 4.69) is 0 Å². The van der Waals surface area contributed by atoms with Crippen LogP contribution in [-0.4, -0.2) is 16.3 Å². The molecule has 0 bridgehead atoms. The van der Waals surface area contributed by atoms with Gasteiger partial charge in [0.15, 0.2) is 0 Å². The zero-order valence-electron chi connectivity index (χ0n) is 8.61. The van der Waals surface area contributed by atoms with E-state index in [-0.39, 0.29) is 11.7 Å². The normalized spacial score (nSPS) is 11.8. The molecular weight excluding hydrogens is 246 g/mol. The van der Waals surface area contributed by atoms with Gasteiger partial charge in [0.1, 0.15) is 6.07 Å². The summed E-state index contributed by atoms with van der Waals surface area (Å²) in [6.07, 6.45) is 0.0576. The van der Waals surface area contributed by atoms with E-state index in [0.717, 1.165) is 4.90 Å². The molecule has 84 valence electrons. The molecular formula is C11H10ClNO2S. The third kappa shape index (κ3) is 3.44. The summed E-state index contributed by atoms with van der Waals surface area (Å²) in [7, 11) is 0. The first-order chi connectivity index (χ1) is 7.54. The Bertz CT molecular complexity index is 442. The minimum Gasteiger partial charge on any atom is -0.481 e. The van der Waals surface area contributed by atoms with Crippen LogP contribution in [0.25, 0.3) is 0 Å². The van der Waals surface area contributed by atoms with Gasteiger partial charge in [-0.05, 0) is 12.1 Å². The predicted molar refractivity (Wildman–Crippen MR) is 63.7 cm³/mol. The van der Waals surface area contributed by atoms with Crippen molar-refractivity contribution in [3.8, 4) is 6.07 Å². The molecule has 1 aromatic rings. The maximum Gasteiger partial charge on any atom is 0.304 e. The van der Waals surface area contributed by atoms with Crippen LogP contribution < -0.4 is 0 Å². The van der Waals surface area contributed by atoms with Gasteiger partial charge in [-0.15, -0.1) is 11.8 Å². The minimum atomic E-state index is -0.847. The Morgan fingerprint density at radius 1 is 1.69 bits per heavy atom. The van der Waals surface area contributed by atoms with E-state index < -0.39 is 5.97 Å². The molecule has 0 aliphatic rings. The van der Waals surface area contributed by atoms with Crippen LogP contribution in [0.4, 0.5) is 0 Å². The molecule has 5 heteroatoms. The topological polar surface area (TPSA) is 61.1 Å². The first-order valence-corrected chi connectivity index (χ1v) is 5.87. The van der Waals surface area contributed by atoms with Crippen molar-refractivity contribution in [3.63, 3.8) is 0 Å². The molecule has 0 saturated carbocycles. The van der Waals surface area contributed by atoms with E-state index in [1.807, 2.05) is 6.07 Å². The van der Waals surface area contributed by atoms with Crippen LogP contribution in [0.15, 0.2) is 23.1 Å². The van der Waals surface area contributed by atoms with E-state index in [9.17, 15) is 4.79 Å². The number of rotatable bonds is 4. The van der Waals surface area contributed by atoms with Gasteiger partial charge in [0.25, 0.3) is 0 Å². The monoisotopic (exact) mass is 255 g/mol. The Morgan fingerprint density at radius 3 is 2.94 bits per heavy atom. The summed E-state index contributed by atoms with van der Waals surface area (Å²) in [5, 5.41) is 17.9. The third-order valence-corrected chi connectivity index (χ3v) is 3.36. The highest BCUT2D eigenvalue weighted by molar-refractivity contribution is 8.00. The van der Waals surface area contributed by atoms with E-state index in [0.29, 0.717) is 10.6 Å². The number of nitrogens with zero attached hydrogens (tertiary/aromatic N) is 1. The fourth-order valence-corrected chi connectivity index (χ4v) is 2.58. The summed E-state index contributed by atoms with van der Waals surface area (Å²) in [4.78, 5) is 11.2. The average Bonchev–Trinajstić information content (AvgIpc) is 2.16. The highest BCUT2D eigenvalue weighted by Crippen LogP contribution is 2.31. The summed E-state index contributed by atoms with van der Waals surface area (Å²) < 4.78 is 0. The van der Waals surface area contributed by atoms with Gasteiger partial charge in [-0.25, -0.2) is 0 Å². The van der Waals surface area contributed by atoms with E-state index >= 15 is 0 Å². The first kappa shape index (κ1) is 12.9. The molecule has 0 heterocycles. The van der Waals surface area contributed by atoms with Crippen molar-refractivity contribution in [2.45, 2.75) is 23.5 Å². The number of benzene rings is 1.